The third-order valence-electron chi connectivity index (χ3n) is 9.75. The number of hydrogen-bond donors (Lipinski definition) is 0. The number of rotatable bonds is 5. The van der Waals surface area contributed by atoms with Gasteiger partial charge in [-0.15, -0.1) is 0 Å². The van der Waals surface area contributed by atoms with Gasteiger partial charge in [-0.05, 0) is 82.6 Å². The van der Waals surface area contributed by atoms with Gasteiger partial charge in [0.2, 0.25) is 0 Å². The van der Waals surface area contributed by atoms with E-state index in [2.05, 4.69) is 191 Å². The van der Waals surface area contributed by atoms with Crippen molar-refractivity contribution in [1.29, 1.82) is 0 Å². The highest BCUT2D eigenvalue weighted by atomic mass is 16.3. The van der Waals surface area contributed by atoms with Gasteiger partial charge < -0.3 is 13.9 Å². The summed E-state index contributed by atoms with van der Waals surface area (Å²) in [5.41, 5.74) is 10.7. The Hall–Kier alpha value is -6.58. The number of hydrogen-bond acceptors (Lipinski definition) is 2. The molecule has 0 fully saturated rings. The Morgan fingerprint density at radius 3 is 1.76 bits per heavy atom. The Kier molecular flexibility index (Phi) is 6.18. The molecule has 2 heterocycles. The minimum Gasteiger partial charge on any atom is -0.454 e. The highest BCUT2D eigenvalue weighted by Gasteiger charge is 2.22. The molecule has 0 aliphatic heterocycles. The third kappa shape index (κ3) is 4.29. The van der Waals surface area contributed by atoms with E-state index in [-0.39, 0.29) is 0 Å². The molecule has 0 radical (unpaired) electrons. The van der Waals surface area contributed by atoms with Crippen molar-refractivity contribution in [1.82, 2.24) is 4.57 Å². The van der Waals surface area contributed by atoms with Crippen LogP contribution in [0, 0.1) is 0 Å². The fourth-order valence-electron chi connectivity index (χ4n) is 7.64. The number of nitrogens with zero attached hydrogens (tertiary/aromatic N) is 2. The first-order valence-electron chi connectivity index (χ1n) is 16.7. The molecule has 0 amide bonds. The zero-order valence-electron chi connectivity index (χ0n) is 26.6. The lowest BCUT2D eigenvalue weighted by Gasteiger charge is -2.25. The first-order valence-corrected chi connectivity index (χ1v) is 16.7. The Bertz CT molecular complexity index is 2770. The molecule has 49 heavy (non-hydrogen) atoms. The second kappa shape index (κ2) is 11.0. The lowest BCUT2D eigenvalue weighted by Crippen LogP contribution is -2.09. The van der Waals surface area contributed by atoms with Crippen LogP contribution in [0.25, 0.3) is 71.3 Å². The molecule has 0 aliphatic rings. The van der Waals surface area contributed by atoms with E-state index in [4.69, 9.17) is 4.42 Å². The smallest absolute Gasteiger partial charge is 0.159 e. The first-order chi connectivity index (χ1) is 24.3. The van der Waals surface area contributed by atoms with Crippen LogP contribution in [0.2, 0.25) is 0 Å². The molecular weight excluding hydrogens is 597 g/mol. The summed E-state index contributed by atoms with van der Waals surface area (Å²) in [5, 5.41) is 7.11. The third-order valence-corrected chi connectivity index (χ3v) is 9.75. The maximum atomic E-state index is 6.96. The molecule has 0 atom stereocenters. The van der Waals surface area contributed by atoms with Crippen molar-refractivity contribution < 1.29 is 4.42 Å². The molecule has 3 heteroatoms. The summed E-state index contributed by atoms with van der Waals surface area (Å²) in [5.74, 6) is 0. The van der Waals surface area contributed by atoms with Gasteiger partial charge in [0, 0.05) is 38.6 Å². The summed E-state index contributed by atoms with van der Waals surface area (Å²) >= 11 is 0. The molecule has 0 unspecified atom stereocenters. The Morgan fingerprint density at radius 2 is 1.02 bits per heavy atom. The number of fused-ring (bicyclic) bond motifs is 8. The first kappa shape index (κ1) is 27.5. The van der Waals surface area contributed by atoms with E-state index >= 15 is 0 Å². The maximum absolute atomic E-state index is 6.96. The molecule has 0 bridgehead atoms. The fourth-order valence-corrected chi connectivity index (χ4v) is 7.64. The van der Waals surface area contributed by atoms with Crippen molar-refractivity contribution in [3.05, 3.63) is 182 Å². The van der Waals surface area contributed by atoms with E-state index in [1.165, 1.54) is 32.6 Å². The van der Waals surface area contributed by atoms with Crippen molar-refractivity contribution in [2.24, 2.45) is 0 Å². The van der Waals surface area contributed by atoms with Gasteiger partial charge >= 0.3 is 0 Å². The van der Waals surface area contributed by atoms with E-state index < -0.39 is 0 Å². The van der Waals surface area contributed by atoms with Crippen LogP contribution in [0.5, 0.6) is 0 Å². The Labute approximate surface area is 283 Å². The van der Waals surface area contributed by atoms with Gasteiger partial charge in [0.1, 0.15) is 5.58 Å². The monoisotopic (exact) mass is 626 g/mol. The lowest BCUT2D eigenvalue weighted by atomic mass is 9.94. The van der Waals surface area contributed by atoms with E-state index in [0.29, 0.717) is 0 Å². The number of aromatic nitrogens is 1. The Morgan fingerprint density at radius 1 is 0.429 bits per heavy atom. The number of furan rings is 1. The van der Waals surface area contributed by atoms with E-state index in [1.807, 2.05) is 0 Å². The quantitative estimate of drug-likeness (QED) is 0.190. The lowest BCUT2D eigenvalue weighted by molar-refractivity contribution is 0.669. The van der Waals surface area contributed by atoms with Crippen LogP contribution in [-0.2, 0) is 0 Å². The topological polar surface area (TPSA) is 21.3 Å². The zero-order valence-corrected chi connectivity index (χ0v) is 26.6. The van der Waals surface area contributed by atoms with Gasteiger partial charge in [0.15, 0.2) is 5.58 Å². The molecule has 10 rings (SSSR count). The van der Waals surface area contributed by atoms with Gasteiger partial charge in [-0.1, -0.05) is 121 Å². The standard InChI is InChI=1S/C46H30N2O/c1-4-15-32(16-5-1)47(33-17-6-2-7-18-33)42-26-14-24-39-45-38-23-11-10-21-35(38)40(30-44(45)49-46(39)42)31-27-28-37-36-22-12-13-25-41(36)48(43(37)29-31)34-19-8-3-9-20-34/h1-30H. The van der Waals surface area contributed by atoms with Gasteiger partial charge in [0.25, 0.3) is 0 Å². The van der Waals surface area contributed by atoms with Crippen molar-refractivity contribution in [3.8, 4) is 16.8 Å². The molecule has 230 valence electrons. The summed E-state index contributed by atoms with van der Waals surface area (Å²) in [4.78, 5) is 2.28. The predicted molar refractivity (Wildman–Crippen MR) is 206 cm³/mol. The van der Waals surface area contributed by atoms with E-state index in [9.17, 15) is 0 Å². The molecule has 3 nitrogen and oxygen atoms in total. The summed E-state index contributed by atoms with van der Waals surface area (Å²) in [7, 11) is 0. The van der Waals surface area contributed by atoms with Gasteiger partial charge in [0.05, 0.1) is 16.7 Å². The molecule has 10 aromatic rings. The van der Waals surface area contributed by atoms with Crippen molar-refractivity contribution >= 4 is 71.6 Å². The summed E-state index contributed by atoms with van der Waals surface area (Å²) in [6.45, 7) is 0. The number of anilines is 3. The SMILES string of the molecule is c1ccc(N(c2ccccc2)c2cccc3c2oc2cc(-c4ccc5c6ccccc6n(-c6ccccc6)c5c4)c4ccccc4c23)cc1. The number of para-hydroxylation sites is 5. The van der Waals surface area contributed by atoms with Crippen LogP contribution in [-0.4, -0.2) is 4.57 Å². The summed E-state index contributed by atoms with van der Waals surface area (Å²) in [6, 6.07) is 64.7. The molecule has 0 N–H and O–H groups in total. The van der Waals surface area contributed by atoms with E-state index in [0.717, 1.165) is 55.8 Å². The highest BCUT2D eigenvalue weighted by molar-refractivity contribution is 6.24. The van der Waals surface area contributed by atoms with Crippen molar-refractivity contribution in [2.75, 3.05) is 4.90 Å². The summed E-state index contributed by atoms with van der Waals surface area (Å²) < 4.78 is 9.34. The van der Waals surface area contributed by atoms with Crippen molar-refractivity contribution in [3.63, 3.8) is 0 Å². The van der Waals surface area contributed by atoms with Crippen LogP contribution in [0.15, 0.2) is 186 Å². The average Bonchev–Trinajstić information content (AvgIpc) is 3.72. The maximum Gasteiger partial charge on any atom is 0.159 e. The summed E-state index contributed by atoms with van der Waals surface area (Å²) in [6.07, 6.45) is 0. The van der Waals surface area contributed by atoms with Crippen LogP contribution < -0.4 is 4.90 Å². The Balaban J connectivity index is 1.24. The largest absolute Gasteiger partial charge is 0.454 e. The molecule has 0 saturated heterocycles. The molecule has 2 aromatic heterocycles. The zero-order chi connectivity index (χ0) is 32.3. The second-order valence-corrected chi connectivity index (χ2v) is 12.5. The van der Waals surface area contributed by atoms with Crippen LogP contribution in [0.3, 0.4) is 0 Å². The molecule has 0 spiro atoms. The fraction of sp³-hybridized carbons (Fsp3) is 0. The number of benzene rings is 8. The van der Waals surface area contributed by atoms with Crippen LogP contribution in [0.4, 0.5) is 17.1 Å². The molecular formula is C46H30N2O. The second-order valence-electron chi connectivity index (χ2n) is 12.5. The normalized spacial score (nSPS) is 11.7. The van der Waals surface area contributed by atoms with Crippen LogP contribution in [0.1, 0.15) is 0 Å². The molecule has 0 saturated carbocycles. The van der Waals surface area contributed by atoms with Gasteiger partial charge in [-0.2, -0.15) is 0 Å². The van der Waals surface area contributed by atoms with Gasteiger partial charge in [-0.3, -0.25) is 0 Å². The minimum atomic E-state index is 0.868. The van der Waals surface area contributed by atoms with E-state index in [1.54, 1.807) is 0 Å². The minimum absolute atomic E-state index is 0.868. The average molecular weight is 627 g/mol. The molecule has 0 aliphatic carbocycles. The predicted octanol–water partition coefficient (Wildman–Crippen LogP) is 13.0. The van der Waals surface area contributed by atoms with Crippen molar-refractivity contribution in [2.45, 2.75) is 0 Å². The van der Waals surface area contributed by atoms with Gasteiger partial charge in [-0.25, -0.2) is 0 Å². The van der Waals surface area contributed by atoms with Crippen LogP contribution >= 0.6 is 0 Å². The highest BCUT2D eigenvalue weighted by Crippen LogP contribution is 2.46. The molecule has 8 aromatic carbocycles.